The summed E-state index contributed by atoms with van der Waals surface area (Å²) in [5.74, 6) is 0.297. The average Bonchev–Trinajstić information content (AvgIpc) is 2.89. The van der Waals surface area contributed by atoms with Gasteiger partial charge in [-0.15, -0.1) is 0 Å². The Morgan fingerprint density at radius 1 is 0.971 bits per heavy atom. The summed E-state index contributed by atoms with van der Waals surface area (Å²) in [6.07, 6.45) is 0. The number of para-hydroxylation sites is 2. The molecule has 1 aliphatic rings. The number of ether oxygens (including phenoxy) is 1. The molecule has 1 N–H and O–H groups in total. The smallest absolute Gasteiger partial charge is 0.262 e. The summed E-state index contributed by atoms with van der Waals surface area (Å²) in [6.45, 7) is 3.41. The first-order valence-electron chi connectivity index (χ1n) is 11.2. The summed E-state index contributed by atoms with van der Waals surface area (Å²) in [7, 11) is -2.36. The third kappa shape index (κ3) is 5.80. The highest BCUT2D eigenvalue weighted by atomic mass is 32.2. The van der Waals surface area contributed by atoms with Crippen LogP contribution >= 0.6 is 0 Å². The van der Waals surface area contributed by atoms with E-state index in [0.717, 1.165) is 25.2 Å². The lowest BCUT2D eigenvalue weighted by molar-refractivity contribution is 0.0628. The molecule has 3 aromatic rings. The Morgan fingerprint density at radius 3 is 2.26 bits per heavy atom. The van der Waals surface area contributed by atoms with E-state index in [4.69, 9.17) is 10.00 Å². The Labute approximate surface area is 205 Å². The Balaban J connectivity index is 1.35. The van der Waals surface area contributed by atoms with Gasteiger partial charge in [-0.25, -0.2) is 8.42 Å². The molecule has 0 bridgehead atoms. The SMILES string of the molecule is COc1ccccc1NS(=O)(=O)c1ccc(C(=O)N2CCN(Cc3ccc(C#N)cc3)CC2)cc1. The van der Waals surface area contributed by atoms with Crippen molar-refractivity contribution in [1.29, 1.82) is 5.26 Å². The highest BCUT2D eigenvalue weighted by Gasteiger charge is 2.23. The van der Waals surface area contributed by atoms with Gasteiger partial charge in [0.05, 0.1) is 29.3 Å². The van der Waals surface area contributed by atoms with Gasteiger partial charge >= 0.3 is 0 Å². The van der Waals surface area contributed by atoms with Crippen molar-refractivity contribution in [2.45, 2.75) is 11.4 Å². The molecule has 0 aromatic heterocycles. The fourth-order valence-corrected chi connectivity index (χ4v) is 5.01. The summed E-state index contributed by atoms with van der Waals surface area (Å²) in [6, 6.07) is 22.4. The number of nitriles is 1. The number of benzene rings is 3. The maximum absolute atomic E-state index is 13.0. The second-order valence-corrected chi connectivity index (χ2v) is 9.89. The molecule has 35 heavy (non-hydrogen) atoms. The van der Waals surface area contributed by atoms with E-state index >= 15 is 0 Å². The summed E-state index contributed by atoms with van der Waals surface area (Å²) in [4.78, 5) is 17.1. The molecule has 0 radical (unpaired) electrons. The number of carbonyl (C=O) groups is 1. The van der Waals surface area contributed by atoms with Crippen LogP contribution in [0.3, 0.4) is 0 Å². The number of hydrogen-bond donors (Lipinski definition) is 1. The number of nitrogens with one attached hydrogen (secondary N) is 1. The number of methoxy groups -OCH3 is 1. The molecule has 0 spiro atoms. The van der Waals surface area contributed by atoms with Gasteiger partial charge in [-0.05, 0) is 54.1 Å². The van der Waals surface area contributed by atoms with Crippen molar-refractivity contribution >= 4 is 21.6 Å². The van der Waals surface area contributed by atoms with Crippen LogP contribution in [0, 0.1) is 11.3 Å². The van der Waals surface area contributed by atoms with Gasteiger partial charge in [0.25, 0.3) is 15.9 Å². The maximum Gasteiger partial charge on any atom is 0.262 e. The van der Waals surface area contributed by atoms with Gasteiger partial charge in [-0.3, -0.25) is 14.4 Å². The van der Waals surface area contributed by atoms with Crippen LogP contribution in [0.15, 0.2) is 77.7 Å². The topological polar surface area (TPSA) is 103 Å². The Bertz CT molecular complexity index is 1330. The summed E-state index contributed by atoms with van der Waals surface area (Å²) in [5.41, 5.74) is 2.55. The molecule has 1 saturated heterocycles. The van der Waals surface area contributed by atoms with Gasteiger partial charge < -0.3 is 9.64 Å². The Hall–Kier alpha value is -3.87. The second kappa shape index (κ2) is 10.6. The number of sulfonamides is 1. The van der Waals surface area contributed by atoms with Crippen LogP contribution in [0.2, 0.25) is 0 Å². The van der Waals surface area contributed by atoms with E-state index in [1.807, 2.05) is 24.3 Å². The van der Waals surface area contributed by atoms with Crippen molar-refractivity contribution in [2.75, 3.05) is 38.0 Å². The molecule has 180 valence electrons. The van der Waals surface area contributed by atoms with Crippen molar-refractivity contribution in [1.82, 2.24) is 9.80 Å². The molecule has 1 amide bonds. The van der Waals surface area contributed by atoms with Crippen molar-refractivity contribution in [3.05, 3.63) is 89.5 Å². The van der Waals surface area contributed by atoms with E-state index in [0.29, 0.717) is 35.7 Å². The first kappa shape index (κ1) is 24.3. The van der Waals surface area contributed by atoms with E-state index in [1.54, 1.807) is 41.3 Å². The minimum Gasteiger partial charge on any atom is -0.495 e. The monoisotopic (exact) mass is 490 g/mol. The van der Waals surface area contributed by atoms with Crippen LogP contribution in [0.25, 0.3) is 0 Å². The molecular weight excluding hydrogens is 464 g/mol. The predicted octanol–water partition coefficient (Wildman–Crippen LogP) is 3.33. The van der Waals surface area contributed by atoms with E-state index in [1.165, 1.54) is 19.2 Å². The fourth-order valence-electron chi connectivity index (χ4n) is 3.94. The van der Waals surface area contributed by atoms with E-state index < -0.39 is 10.0 Å². The zero-order valence-corrected chi connectivity index (χ0v) is 20.2. The van der Waals surface area contributed by atoms with Crippen LogP contribution < -0.4 is 9.46 Å². The normalized spacial score (nSPS) is 14.2. The van der Waals surface area contributed by atoms with Gasteiger partial charge in [-0.1, -0.05) is 24.3 Å². The molecule has 0 saturated carbocycles. The molecule has 1 heterocycles. The summed E-state index contributed by atoms with van der Waals surface area (Å²) in [5, 5.41) is 8.92. The predicted molar refractivity (Wildman–Crippen MR) is 133 cm³/mol. The largest absolute Gasteiger partial charge is 0.495 e. The third-order valence-corrected chi connectivity index (χ3v) is 7.29. The zero-order valence-electron chi connectivity index (χ0n) is 19.3. The molecule has 4 rings (SSSR count). The molecule has 3 aromatic carbocycles. The summed E-state index contributed by atoms with van der Waals surface area (Å²) >= 11 is 0. The molecule has 9 heteroatoms. The second-order valence-electron chi connectivity index (χ2n) is 8.21. The Kier molecular flexibility index (Phi) is 7.34. The van der Waals surface area contributed by atoms with Crippen molar-refractivity contribution in [3.63, 3.8) is 0 Å². The zero-order chi connectivity index (χ0) is 24.8. The van der Waals surface area contributed by atoms with E-state index in [2.05, 4.69) is 15.7 Å². The van der Waals surface area contributed by atoms with Crippen molar-refractivity contribution in [3.8, 4) is 11.8 Å². The standard InChI is InChI=1S/C26H26N4O4S/c1-34-25-5-3-2-4-24(25)28-35(32,33)23-12-10-22(11-13-23)26(31)30-16-14-29(15-17-30)19-21-8-6-20(18-27)7-9-21/h2-13,28H,14-17,19H2,1H3. The quantitative estimate of drug-likeness (QED) is 0.545. The number of carbonyl (C=O) groups excluding carboxylic acids is 1. The van der Waals surface area contributed by atoms with Gasteiger partial charge in [0.2, 0.25) is 0 Å². The number of piperazine rings is 1. The van der Waals surface area contributed by atoms with Crippen molar-refractivity contribution in [2.24, 2.45) is 0 Å². The molecule has 1 aliphatic heterocycles. The van der Waals surface area contributed by atoms with Gasteiger partial charge in [-0.2, -0.15) is 5.26 Å². The van der Waals surface area contributed by atoms with Crippen LogP contribution in [-0.4, -0.2) is 57.4 Å². The van der Waals surface area contributed by atoms with Gasteiger partial charge in [0, 0.05) is 38.3 Å². The highest BCUT2D eigenvalue weighted by Crippen LogP contribution is 2.26. The summed E-state index contributed by atoms with van der Waals surface area (Å²) < 4.78 is 33.3. The first-order valence-corrected chi connectivity index (χ1v) is 12.6. The van der Waals surface area contributed by atoms with E-state index in [-0.39, 0.29) is 10.8 Å². The van der Waals surface area contributed by atoms with Gasteiger partial charge in [0.15, 0.2) is 0 Å². The number of amides is 1. The van der Waals surface area contributed by atoms with Gasteiger partial charge in [0.1, 0.15) is 5.75 Å². The minimum absolute atomic E-state index is 0.0622. The van der Waals surface area contributed by atoms with Crippen LogP contribution in [0.1, 0.15) is 21.5 Å². The molecule has 0 unspecified atom stereocenters. The number of hydrogen-bond acceptors (Lipinski definition) is 6. The highest BCUT2D eigenvalue weighted by molar-refractivity contribution is 7.92. The van der Waals surface area contributed by atoms with E-state index in [9.17, 15) is 13.2 Å². The third-order valence-electron chi connectivity index (χ3n) is 5.91. The molecule has 8 nitrogen and oxygen atoms in total. The maximum atomic E-state index is 13.0. The molecule has 0 atom stereocenters. The molecule has 0 aliphatic carbocycles. The number of nitrogens with zero attached hydrogens (tertiary/aromatic N) is 3. The minimum atomic E-state index is -3.83. The lowest BCUT2D eigenvalue weighted by Crippen LogP contribution is -2.48. The fraction of sp³-hybridized carbons (Fsp3) is 0.231. The lowest BCUT2D eigenvalue weighted by Gasteiger charge is -2.34. The lowest BCUT2D eigenvalue weighted by atomic mass is 10.1. The number of anilines is 1. The Morgan fingerprint density at radius 2 is 1.63 bits per heavy atom. The van der Waals surface area contributed by atoms with Crippen LogP contribution in [-0.2, 0) is 16.6 Å². The average molecular weight is 491 g/mol. The van der Waals surface area contributed by atoms with Crippen molar-refractivity contribution < 1.29 is 17.9 Å². The molecule has 1 fully saturated rings. The van der Waals surface area contributed by atoms with Crippen LogP contribution in [0.5, 0.6) is 5.75 Å². The molecular formula is C26H26N4O4S. The van der Waals surface area contributed by atoms with Crippen LogP contribution in [0.4, 0.5) is 5.69 Å². The first-order chi connectivity index (χ1) is 16.9. The number of rotatable bonds is 7.